The van der Waals surface area contributed by atoms with Crippen molar-refractivity contribution in [2.45, 2.75) is 44.9 Å². The van der Waals surface area contributed by atoms with Gasteiger partial charge in [0.25, 0.3) is 0 Å². The molecule has 1 N–H and O–H groups in total. The maximum Gasteiger partial charge on any atom is 0.240 e. The first-order chi connectivity index (χ1) is 13.2. The van der Waals surface area contributed by atoms with Crippen LogP contribution in [-0.2, 0) is 9.53 Å². The fourth-order valence-corrected chi connectivity index (χ4v) is 7.35. The van der Waals surface area contributed by atoms with E-state index in [2.05, 4.69) is 27.6 Å². The van der Waals surface area contributed by atoms with Crippen molar-refractivity contribution in [3.05, 3.63) is 17.0 Å². The molecule has 6 heteroatoms. The second kappa shape index (κ2) is 7.21. The summed E-state index contributed by atoms with van der Waals surface area (Å²) in [5.41, 5.74) is 3.08. The molecule has 4 aliphatic carbocycles. The average Bonchev–Trinajstić information content (AvgIpc) is 3.10. The number of carbonyl (C=O) groups excluding carboxylic acids is 1. The Balaban J connectivity index is 1.15. The molecule has 1 aromatic heterocycles. The van der Waals surface area contributed by atoms with Crippen LogP contribution in [0.5, 0.6) is 0 Å². The maximum atomic E-state index is 12.5. The molecule has 0 aromatic carbocycles. The van der Waals surface area contributed by atoms with Crippen LogP contribution in [0, 0.1) is 23.2 Å². The second-order valence-electron chi connectivity index (χ2n) is 9.16. The number of hydrogen-bond acceptors (Lipinski definition) is 5. The summed E-state index contributed by atoms with van der Waals surface area (Å²) in [5, 5.41) is 5.49. The van der Waals surface area contributed by atoms with E-state index in [4.69, 9.17) is 4.74 Å². The van der Waals surface area contributed by atoms with Crippen molar-refractivity contribution in [1.29, 1.82) is 0 Å². The van der Waals surface area contributed by atoms with Gasteiger partial charge in [0.05, 0.1) is 24.4 Å². The average molecular weight is 388 g/mol. The Kier molecular flexibility index (Phi) is 4.72. The van der Waals surface area contributed by atoms with Crippen LogP contribution in [0.1, 0.15) is 49.8 Å². The molecule has 0 radical (unpaired) electrons. The van der Waals surface area contributed by atoms with E-state index in [-0.39, 0.29) is 11.3 Å². The molecule has 1 saturated heterocycles. The van der Waals surface area contributed by atoms with Crippen LogP contribution < -0.4 is 10.3 Å². The molecule has 2 heterocycles. The zero-order valence-corrected chi connectivity index (χ0v) is 16.7. The molecule has 4 saturated carbocycles. The number of nitrogens with zero attached hydrogens (tertiary/aromatic N) is 2. The summed E-state index contributed by atoms with van der Waals surface area (Å²) in [5.74, 6) is 2.75. The van der Waals surface area contributed by atoms with E-state index in [0.29, 0.717) is 6.42 Å². The third-order valence-electron chi connectivity index (χ3n) is 7.02. The number of anilines is 1. The highest BCUT2D eigenvalue weighted by Crippen LogP contribution is 2.61. The summed E-state index contributed by atoms with van der Waals surface area (Å²) in [4.78, 5) is 15.9. The van der Waals surface area contributed by atoms with Crippen molar-refractivity contribution >= 4 is 28.5 Å². The van der Waals surface area contributed by atoms with Crippen molar-refractivity contribution < 1.29 is 9.53 Å². The fraction of sp³-hybridized carbons (Fsp3) is 0.714. The molecule has 5 aliphatic rings. The van der Waals surface area contributed by atoms with Gasteiger partial charge in [-0.25, -0.2) is 5.43 Å². The van der Waals surface area contributed by atoms with Crippen molar-refractivity contribution in [3.63, 3.8) is 0 Å². The van der Waals surface area contributed by atoms with Crippen LogP contribution in [0.4, 0.5) is 5.00 Å². The van der Waals surface area contributed by atoms with Gasteiger partial charge < -0.3 is 9.64 Å². The van der Waals surface area contributed by atoms with E-state index < -0.39 is 0 Å². The Morgan fingerprint density at radius 1 is 1.19 bits per heavy atom. The smallest absolute Gasteiger partial charge is 0.240 e. The molecule has 0 unspecified atom stereocenters. The third kappa shape index (κ3) is 3.79. The molecule has 5 nitrogen and oxygen atoms in total. The van der Waals surface area contributed by atoms with Crippen molar-refractivity contribution in [1.82, 2.24) is 5.43 Å². The van der Waals surface area contributed by atoms with Gasteiger partial charge in [0, 0.05) is 24.4 Å². The quantitative estimate of drug-likeness (QED) is 0.620. The van der Waals surface area contributed by atoms with Crippen LogP contribution in [0.15, 0.2) is 17.2 Å². The van der Waals surface area contributed by atoms with E-state index >= 15 is 0 Å². The molecule has 146 valence electrons. The number of amides is 1. The predicted molar refractivity (Wildman–Crippen MR) is 108 cm³/mol. The number of hydrogen-bond donors (Lipinski definition) is 1. The predicted octanol–water partition coefficient (Wildman–Crippen LogP) is 3.64. The number of thiophene rings is 1. The van der Waals surface area contributed by atoms with Gasteiger partial charge in [-0.05, 0) is 73.8 Å². The first-order valence-corrected chi connectivity index (χ1v) is 11.2. The first-order valence-electron chi connectivity index (χ1n) is 10.4. The van der Waals surface area contributed by atoms with Crippen LogP contribution in [0.25, 0.3) is 0 Å². The Morgan fingerprint density at radius 2 is 1.85 bits per heavy atom. The van der Waals surface area contributed by atoms with E-state index in [9.17, 15) is 4.79 Å². The lowest BCUT2D eigenvalue weighted by Gasteiger charge is -2.56. The second-order valence-corrected chi connectivity index (χ2v) is 10.3. The Bertz CT molecular complexity index is 687. The lowest BCUT2D eigenvalue weighted by molar-refractivity contribution is -0.129. The molecular weight excluding hydrogens is 358 g/mol. The van der Waals surface area contributed by atoms with Crippen LogP contribution in [-0.4, -0.2) is 38.4 Å². The van der Waals surface area contributed by atoms with E-state index in [1.165, 1.54) is 43.5 Å². The molecule has 27 heavy (non-hydrogen) atoms. The van der Waals surface area contributed by atoms with Gasteiger partial charge in [0.15, 0.2) is 0 Å². The summed E-state index contributed by atoms with van der Waals surface area (Å²) >= 11 is 1.72. The normalized spacial score (nSPS) is 35.1. The monoisotopic (exact) mass is 387 g/mol. The summed E-state index contributed by atoms with van der Waals surface area (Å²) in [6.07, 6.45) is 10.5. The molecular formula is C21H29N3O2S. The van der Waals surface area contributed by atoms with Gasteiger partial charge in [0.1, 0.15) is 0 Å². The fourth-order valence-electron chi connectivity index (χ4n) is 6.42. The van der Waals surface area contributed by atoms with Crippen LogP contribution in [0.2, 0.25) is 0 Å². The van der Waals surface area contributed by atoms with Crippen LogP contribution >= 0.6 is 11.3 Å². The Morgan fingerprint density at radius 3 is 2.52 bits per heavy atom. The maximum absolute atomic E-state index is 12.5. The van der Waals surface area contributed by atoms with Gasteiger partial charge in [-0.1, -0.05) is 0 Å². The zero-order valence-electron chi connectivity index (χ0n) is 15.9. The standard InChI is InChI=1S/C21H29N3O2S/c25-19(13-21-10-15-7-16(11-21)9-17(8-15)12-21)23-22-14-18-1-2-20(27-18)24-3-5-26-6-4-24/h1-2,14-17H,3-13H2,(H,23,25)/b22-14+. The molecule has 0 atom stereocenters. The SMILES string of the molecule is O=C(CC12CC3CC(CC(C3)C1)C2)N/N=C/c1ccc(N2CCOCC2)s1. The van der Waals surface area contributed by atoms with Gasteiger partial charge >= 0.3 is 0 Å². The van der Waals surface area contributed by atoms with E-state index in [0.717, 1.165) is 48.9 Å². The minimum atomic E-state index is 0.0955. The Hall–Kier alpha value is -1.40. The molecule has 0 spiro atoms. The van der Waals surface area contributed by atoms with Gasteiger partial charge in [-0.3, -0.25) is 4.79 Å². The van der Waals surface area contributed by atoms with E-state index in [1.807, 2.05) is 0 Å². The van der Waals surface area contributed by atoms with Crippen molar-refractivity contribution in [3.8, 4) is 0 Å². The largest absolute Gasteiger partial charge is 0.378 e. The minimum absolute atomic E-state index is 0.0955. The van der Waals surface area contributed by atoms with Crippen molar-refractivity contribution in [2.75, 3.05) is 31.2 Å². The number of morpholine rings is 1. The third-order valence-corrected chi connectivity index (χ3v) is 8.10. The number of hydrazone groups is 1. The van der Waals surface area contributed by atoms with Gasteiger partial charge in [-0.2, -0.15) is 5.10 Å². The number of ether oxygens (including phenoxy) is 1. The highest BCUT2D eigenvalue weighted by Gasteiger charge is 2.51. The summed E-state index contributed by atoms with van der Waals surface area (Å²) in [7, 11) is 0. The van der Waals surface area contributed by atoms with Gasteiger partial charge in [0.2, 0.25) is 5.91 Å². The van der Waals surface area contributed by atoms with Gasteiger partial charge in [-0.15, -0.1) is 11.3 Å². The lowest BCUT2D eigenvalue weighted by Crippen LogP contribution is -2.47. The zero-order chi connectivity index (χ0) is 18.3. The summed E-state index contributed by atoms with van der Waals surface area (Å²) < 4.78 is 5.41. The molecule has 1 aliphatic heterocycles. The highest BCUT2D eigenvalue weighted by atomic mass is 32.1. The Labute approximate surface area is 165 Å². The summed E-state index contributed by atoms with van der Waals surface area (Å²) in [6.45, 7) is 3.47. The van der Waals surface area contributed by atoms with Crippen molar-refractivity contribution in [2.24, 2.45) is 28.3 Å². The number of nitrogens with one attached hydrogen (secondary N) is 1. The van der Waals surface area contributed by atoms with E-state index in [1.54, 1.807) is 17.6 Å². The molecule has 1 aromatic rings. The molecule has 6 rings (SSSR count). The topological polar surface area (TPSA) is 53.9 Å². The molecule has 1 amide bonds. The summed E-state index contributed by atoms with van der Waals surface area (Å²) in [6, 6.07) is 4.21. The highest BCUT2D eigenvalue weighted by molar-refractivity contribution is 7.17. The number of rotatable bonds is 5. The van der Waals surface area contributed by atoms with Crippen LogP contribution in [0.3, 0.4) is 0 Å². The number of carbonyl (C=O) groups is 1. The molecule has 4 bridgehead atoms. The lowest BCUT2D eigenvalue weighted by atomic mass is 9.49. The first kappa shape index (κ1) is 17.7. The molecule has 5 fully saturated rings. The minimum Gasteiger partial charge on any atom is -0.378 e.